The molecule has 8 heteroatoms. The monoisotopic (exact) mass is 543 g/mol. The molecule has 192 valence electrons. The third-order valence-electron chi connectivity index (χ3n) is 6.88. The summed E-state index contributed by atoms with van der Waals surface area (Å²) in [4.78, 5) is 14.2. The van der Waals surface area contributed by atoms with Crippen molar-refractivity contribution in [1.29, 1.82) is 0 Å². The fraction of sp³-hybridized carbons (Fsp3) is 0.233. The molecule has 6 nitrogen and oxygen atoms in total. The van der Waals surface area contributed by atoms with Crippen LogP contribution in [0.1, 0.15) is 28.1 Å². The van der Waals surface area contributed by atoms with Gasteiger partial charge in [0.2, 0.25) is 5.76 Å². The first-order chi connectivity index (χ1) is 18.5. The number of rotatable bonds is 7. The molecule has 4 aromatic rings. The van der Waals surface area contributed by atoms with Crippen LogP contribution in [-0.2, 0) is 13.1 Å². The predicted octanol–water partition coefficient (Wildman–Crippen LogP) is 6.48. The molecule has 1 aromatic heterocycles. The first-order valence-electron chi connectivity index (χ1n) is 12.7. The van der Waals surface area contributed by atoms with Crippen molar-refractivity contribution in [1.82, 2.24) is 15.0 Å². The Morgan fingerprint density at radius 3 is 1.82 bits per heavy atom. The molecule has 0 bridgehead atoms. The Kier molecular flexibility index (Phi) is 6.92. The van der Waals surface area contributed by atoms with Gasteiger partial charge in [-0.3, -0.25) is 9.98 Å². The van der Waals surface area contributed by atoms with Gasteiger partial charge in [0.1, 0.15) is 0 Å². The van der Waals surface area contributed by atoms with Gasteiger partial charge < -0.3 is 14.3 Å². The molecule has 0 aliphatic carbocycles. The molecule has 0 saturated heterocycles. The maximum Gasteiger partial charge on any atom is 0.210 e. The molecule has 0 saturated carbocycles. The summed E-state index contributed by atoms with van der Waals surface area (Å²) in [7, 11) is 0. The van der Waals surface area contributed by atoms with E-state index in [1.165, 1.54) is 11.1 Å². The van der Waals surface area contributed by atoms with E-state index in [-0.39, 0.29) is 0 Å². The Labute approximate surface area is 232 Å². The number of aryl methyl sites for hydroxylation is 1. The fourth-order valence-corrected chi connectivity index (χ4v) is 5.17. The third kappa shape index (κ3) is 5.06. The number of hydrogen-bond donors (Lipinski definition) is 0. The highest BCUT2D eigenvalue weighted by atomic mass is 35.5. The molecule has 0 spiro atoms. The molecule has 3 aromatic carbocycles. The molecule has 0 unspecified atom stereocenters. The number of hydrogen-bond acceptors (Lipinski definition) is 6. The van der Waals surface area contributed by atoms with Crippen LogP contribution < -0.4 is 0 Å². The van der Waals surface area contributed by atoms with Gasteiger partial charge in [-0.2, -0.15) is 0 Å². The van der Waals surface area contributed by atoms with Crippen molar-refractivity contribution >= 4 is 34.9 Å². The van der Waals surface area contributed by atoms with Gasteiger partial charge in [0, 0.05) is 36.2 Å². The Hall–Kier alpha value is -3.61. The summed E-state index contributed by atoms with van der Waals surface area (Å²) >= 11 is 12.2. The lowest BCUT2D eigenvalue weighted by molar-refractivity contribution is 0.387. The average molecular weight is 544 g/mol. The number of amidine groups is 2. The van der Waals surface area contributed by atoms with E-state index in [9.17, 15) is 0 Å². The van der Waals surface area contributed by atoms with Crippen LogP contribution in [0, 0.1) is 6.92 Å². The molecule has 0 atom stereocenters. The summed E-state index contributed by atoms with van der Waals surface area (Å²) < 4.78 is 6.11. The van der Waals surface area contributed by atoms with E-state index in [2.05, 4.69) is 58.3 Å². The molecule has 0 N–H and O–H groups in total. The normalized spacial score (nSPS) is 15.2. The minimum atomic E-state index is 0.677. The van der Waals surface area contributed by atoms with Crippen LogP contribution in [0.25, 0.3) is 11.1 Å². The van der Waals surface area contributed by atoms with E-state index in [4.69, 9.17) is 37.7 Å². The van der Waals surface area contributed by atoms with Gasteiger partial charge in [-0.1, -0.05) is 82.5 Å². The van der Waals surface area contributed by atoms with Crippen LogP contribution in [-0.4, -0.2) is 52.8 Å². The topological polar surface area (TPSA) is 57.2 Å². The second kappa shape index (κ2) is 10.6. The third-order valence-corrected chi connectivity index (χ3v) is 7.39. The van der Waals surface area contributed by atoms with Crippen LogP contribution >= 0.6 is 23.2 Å². The minimum Gasteiger partial charge on any atom is -0.352 e. The molecule has 3 heterocycles. The van der Waals surface area contributed by atoms with Crippen molar-refractivity contribution < 1.29 is 4.52 Å². The van der Waals surface area contributed by atoms with Gasteiger partial charge in [-0.05, 0) is 47.9 Å². The molecular formula is C30H27Cl2N5O. The van der Waals surface area contributed by atoms with Crippen molar-refractivity contribution in [3.05, 3.63) is 111 Å². The van der Waals surface area contributed by atoms with E-state index in [1.54, 1.807) is 0 Å². The van der Waals surface area contributed by atoms with Crippen LogP contribution in [0.3, 0.4) is 0 Å². The largest absolute Gasteiger partial charge is 0.352 e. The highest BCUT2D eigenvalue weighted by Crippen LogP contribution is 2.33. The van der Waals surface area contributed by atoms with Gasteiger partial charge in [0.25, 0.3) is 0 Å². The lowest BCUT2D eigenvalue weighted by atomic mass is 10.00. The Bertz CT molecular complexity index is 1400. The Morgan fingerprint density at radius 2 is 1.24 bits per heavy atom. The highest BCUT2D eigenvalue weighted by molar-refractivity contribution is 6.30. The van der Waals surface area contributed by atoms with E-state index >= 15 is 0 Å². The molecule has 38 heavy (non-hydrogen) atoms. The second-order valence-electron chi connectivity index (χ2n) is 9.61. The van der Waals surface area contributed by atoms with Crippen LogP contribution in [0.2, 0.25) is 10.0 Å². The summed E-state index contributed by atoms with van der Waals surface area (Å²) in [5.41, 5.74) is 6.22. The molecule has 2 aliphatic heterocycles. The van der Waals surface area contributed by atoms with Crippen molar-refractivity contribution in [3.8, 4) is 11.1 Å². The summed E-state index contributed by atoms with van der Waals surface area (Å²) in [5, 5.41) is 6.06. The zero-order chi connectivity index (χ0) is 26.1. The minimum absolute atomic E-state index is 0.677. The van der Waals surface area contributed by atoms with Gasteiger partial charge in [0.15, 0.2) is 17.4 Å². The molecular weight excluding hydrogens is 517 g/mol. The number of nitrogens with zero attached hydrogens (tertiary/aromatic N) is 5. The second-order valence-corrected chi connectivity index (χ2v) is 10.5. The zero-order valence-electron chi connectivity index (χ0n) is 21.1. The molecule has 6 rings (SSSR count). The maximum absolute atomic E-state index is 6.11. The lowest BCUT2D eigenvalue weighted by Crippen LogP contribution is -2.29. The summed E-state index contributed by atoms with van der Waals surface area (Å²) in [5.74, 6) is 2.34. The molecule has 0 radical (unpaired) electrons. The lowest BCUT2D eigenvalue weighted by Gasteiger charge is -2.21. The van der Waals surface area contributed by atoms with E-state index < -0.39 is 0 Å². The quantitative estimate of drug-likeness (QED) is 0.267. The van der Waals surface area contributed by atoms with Crippen molar-refractivity contribution in [2.45, 2.75) is 20.0 Å². The van der Waals surface area contributed by atoms with Crippen molar-refractivity contribution in [2.24, 2.45) is 9.98 Å². The van der Waals surface area contributed by atoms with Crippen molar-refractivity contribution in [2.75, 3.05) is 26.2 Å². The van der Waals surface area contributed by atoms with Gasteiger partial charge in [-0.25, -0.2) is 0 Å². The number of benzene rings is 3. The predicted molar refractivity (Wildman–Crippen MR) is 153 cm³/mol. The van der Waals surface area contributed by atoms with E-state index in [1.807, 2.05) is 36.4 Å². The van der Waals surface area contributed by atoms with Crippen LogP contribution in [0.15, 0.2) is 87.3 Å². The molecule has 0 amide bonds. The Balaban J connectivity index is 1.37. The zero-order valence-corrected chi connectivity index (χ0v) is 22.6. The highest BCUT2D eigenvalue weighted by Gasteiger charge is 2.32. The maximum atomic E-state index is 6.11. The standard InChI is InChI=1S/C30H27Cl2N5O/c1-20-2-8-23(9-3-20)26-27(29-33-14-16-36(29)18-21-4-10-24(31)11-5-21)35-38-28(26)30-34-15-17-37(30)19-22-6-12-25(32)13-7-22/h2-13H,14-19H2,1H3. The van der Waals surface area contributed by atoms with Gasteiger partial charge >= 0.3 is 0 Å². The van der Waals surface area contributed by atoms with E-state index in [0.29, 0.717) is 25.4 Å². The number of aromatic nitrogens is 1. The van der Waals surface area contributed by atoms with Crippen LogP contribution in [0.4, 0.5) is 0 Å². The number of halogens is 2. The SMILES string of the molecule is Cc1ccc(-c2c(C3=NCCN3Cc3ccc(Cl)cc3)noc2C2=NCCN2Cc2ccc(Cl)cc2)cc1. The van der Waals surface area contributed by atoms with Crippen molar-refractivity contribution in [3.63, 3.8) is 0 Å². The number of aliphatic imine (C=N–C) groups is 2. The van der Waals surface area contributed by atoms with E-state index in [0.717, 1.165) is 63.7 Å². The summed E-state index contributed by atoms with van der Waals surface area (Å²) in [6.45, 7) is 6.56. The molecule has 0 fully saturated rings. The van der Waals surface area contributed by atoms with Gasteiger partial charge in [0.05, 0.1) is 18.7 Å². The Morgan fingerprint density at radius 1 is 0.711 bits per heavy atom. The average Bonchev–Trinajstić information content (AvgIpc) is 3.67. The van der Waals surface area contributed by atoms with Gasteiger partial charge in [-0.15, -0.1) is 0 Å². The fourth-order valence-electron chi connectivity index (χ4n) is 4.92. The summed E-state index contributed by atoms with van der Waals surface area (Å²) in [6, 6.07) is 24.3. The smallest absolute Gasteiger partial charge is 0.210 e. The first-order valence-corrected chi connectivity index (χ1v) is 13.5. The van der Waals surface area contributed by atoms with Crippen LogP contribution in [0.5, 0.6) is 0 Å². The first kappa shape index (κ1) is 24.7. The summed E-state index contributed by atoms with van der Waals surface area (Å²) in [6.07, 6.45) is 0. The molecule has 2 aliphatic rings.